The summed E-state index contributed by atoms with van der Waals surface area (Å²) in [5, 5.41) is 0. The molecule has 0 spiro atoms. The first-order valence-corrected chi connectivity index (χ1v) is 3.50. The van der Waals surface area contributed by atoms with Gasteiger partial charge in [-0.2, -0.15) is 0 Å². The van der Waals surface area contributed by atoms with Crippen molar-refractivity contribution < 1.29 is 4.74 Å². The zero-order chi connectivity index (χ0) is 7.11. The van der Waals surface area contributed by atoms with E-state index in [4.69, 9.17) is 4.74 Å². The Kier molecular flexibility index (Phi) is 5.64. The zero-order valence-electron chi connectivity index (χ0n) is 6.55. The summed E-state index contributed by atoms with van der Waals surface area (Å²) < 4.78 is 5.29. The van der Waals surface area contributed by atoms with Gasteiger partial charge in [0, 0.05) is 0 Å². The summed E-state index contributed by atoms with van der Waals surface area (Å²) >= 11 is 0. The molecule has 0 aliphatic heterocycles. The van der Waals surface area contributed by atoms with E-state index in [1.54, 1.807) is 0 Å². The minimum absolute atomic E-state index is 0.371. The van der Waals surface area contributed by atoms with Gasteiger partial charge in [-0.15, -0.1) is 0 Å². The number of hydrogen-bond acceptors (Lipinski definition) is 1. The van der Waals surface area contributed by atoms with Crippen LogP contribution in [0.1, 0.15) is 27.2 Å². The lowest BCUT2D eigenvalue weighted by atomic mass is 10.4. The third-order valence-corrected chi connectivity index (χ3v) is 0.971. The number of rotatable bonds is 4. The third-order valence-electron chi connectivity index (χ3n) is 0.971. The Labute approximate surface area is 57.7 Å². The molecular formula is C8H16O. The lowest BCUT2D eigenvalue weighted by Gasteiger charge is -2.03. The van der Waals surface area contributed by atoms with Gasteiger partial charge < -0.3 is 4.74 Å². The molecule has 0 saturated carbocycles. The maximum atomic E-state index is 5.29. The Bertz CT molecular complexity index is 74.6. The van der Waals surface area contributed by atoms with Gasteiger partial charge in [0.05, 0.1) is 12.7 Å². The average molecular weight is 128 g/mol. The normalized spacial score (nSPS) is 11.6. The summed E-state index contributed by atoms with van der Waals surface area (Å²) in [5.41, 5.74) is 0. The van der Waals surface area contributed by atoms with Gasteiger partial charge in [-0.05, 0) is 27.2 Å². The molecule has 1 nitrogen and oxygen atoms in total. The largest absolute Gasteiger partial charge is 0.378 e. The summed E-state index contributed by atoms with van der Waals surface area (Å²) in [4.78, 5) is 0. The number of ether oxygens (including phenoxy) is 1. The van der Waals surface area contributed by atoms with Crippen molar-refractivity contribution in [3.8, 4) is 0 Å². The molecule has 0 heterocycles. The Balaban J connectivity index is 2.91. The number of allylic oxidation sites excluding steroid dienone is 1. The van der Waals surface area contributed by atoms with E-state index in [0.717, 1.165) is 13.0 Å². The van der Waals surface area contributed by atoms with Crippen molar-refractivity contribution in [3.05, 3.63) is 12.2 Å². The summed E-state index contributed by atoms with van der Waals surface area (Å²) in [7, 11) is 0. The van der Waals surface area contributed by atoms with Gasteiger partial charge in [-0.1, -0.05) is 12.2 Å². The predicted molar refractivity (Wildman–Crippen MR) is 40.5 cm³/mol. The summed E-state index contributed by atoms with van der Waals surface area (Å²) in [5.74, 6) is 0. The van der Waals surface area contributed by atoms with Crippen molar-refractivity contribution in [3.63, 3.8) is 0 Å². The maximum absolute atomic E-state index is 5.29. The molecule has 0 unspecified atom stereocenters. The van der Waals surface area contributed by atoms with Gasteiger partial charge >= 0.3 is 0 Å². The molecule has 1 heteroatoms. The van der Waals surface area contributed by atoms with Gasteiger partial charge in [0.25, 0.3) is 0 Å². The highest BCUT2D eigenvalue weighted by Gasteiger charge is 1.88. The molecule has 0 aromatic heterocycles. The molecule has 9 heavy (non-hydrogen) atoms. The quantitative estimate of drug-likeness (QED) is 0.417. The van der Waals surface area contributed by atoms with Crippen LogP contribution in [0.15, 0.2) is 12.2 Å². The Morgan fingerprint density at radius 2 is 2.11 bits per heavy atom. The van der Waals surface area contributed by atoms with E-state index in [1.807, 2.05) is 13.0 Å². The van der Waals surface area contributed by atoms with E-state index in [-0.39, 0.29) is 0 Å². The molecule has 0 aliphatic rings. The van der Waals surface area contributed by atoms with Crippen LogP contribution < -0.4 is 0 Å². The molecule has 0 bridgehead atoms. The fourth-order valence-corrected chi connectivity index (χ4v) is 0.538. The van der Waals surface area contributed by atoms with Gasteiger partial charge in [-0.3, -0.25) is 0 Å². The van der Waals surface area contributed by atoms with Crippen molar-refractivity contribution in [2.45, 2.75) is 33.3 Å². The van der Waals surface area contributed by atoms with Gasteiger partial charge in [0.15, 0.2) is 0 Å². The van der Waals surface area contributed by atoms with Crippen molar-refractivity contribution >= 4 is 0 Å². The molecule has 0 aromatic rings. The van der Waals surface area contributed by atoms with Crippen LogP contribution in [0.4, 0.5) is 0 Å². The smallest absolute Gasteiger partial charge is 0.0519 e. The lowest BCUT2D eigenvalue weighted by Crippen LogP contribution is -2.02. The molecule has 0 fully saturated rings. The lowest BCUT2D eigenvalue weighted by molar-refractivity contribution is 0.0826. The monoisotopic (exact) mass is 128 g/mol. The maximum Gasteiger partial charge on any atom is 0.0519 e. The SMILES string of the molecule is C/C=C/CCOC(C)C. The van der Waals surface area contributed by atoms with E-state index in [2.05, 4.69) is 19.9 Å². The Morgan fingerprint density at radius 1 is 1.44 bits per heavy atom. The number of hydrogen-bond donors (Lipinski definition) is 0. The topological polar surface area (TPSA) is 9.23 Å². The molecule has 0 atom stereocenters. The fourth-order valence-electron chi connectivity index (χ4n) is 0.538. The second kappa shape index (κ2) is 5.83. The van der Waals surface area contributed by atoms with Crippen LogP contribution in [0.25, 0.3) is 0 Å². The second-order valence-electron chi connectivity index (χ2n) is 2.28. The van der Waals surface area contributed by atoms with Crippen molar-refractivity contribution in [1.82, 2.24) is 0 Å². The van der Waals surface area contributed by atoms with Crippen molar-refractivity contribution in [1.29, 1.82) is 0 Å². The van der Waals surface area contributed by atoms with Crippen LogP contribution in [-0.4, -0.2) is 12.7 Å². The molecule has 0 amide bonds. The van der Waals surface area contributed by atoms with Crippen LogP contribution in [0.3, 0.4) is 0 Å². The first kappa shape index (κ1) is 8.70. The van der Waals surface area contributed by atoms with Crippen LogP contribution in [0, 0.1) is 0 Å². The average Bonchev–Trinajstić information content (AvgIpc) is 1.80. The van der Waals surface area contributed by atoms with E-state index >= 15 is 0 Å². The van der Waals surface area contributed by atoms with E-state index in [0.29, 0.717) is 6.10 Å². The summed E-state index contributed by atoms with van der Waals surface area (Å²) in [6.07, 6.45) is 5.57. The Morgan fingerprint density at radius 3 is 2.56 bits per heavy atom. The predicted octanol–water partition coefficient (Wildman–Crippen LogP) is 2.38. The van der Waals surface area contributed by atoms with Gasteiger partial charge in [0.2, 0.25) is 0 Å². The highest BCUT2D eigenvalue weighted by Crippen LogP contribution is 1.90. The zero-order valence-corrected chi connectivity index (χ0v) is 6.55. The highest BCUT2D eigenvalue weighted by atomic mass is 16.5. The Hall–Kier alpha value is -0.300. The molecule has 0 aromatic carbocycles. The molecular weight excluding hydrogens is 112 g/mol. The molecule has 0 N–H and O–H groups in total. The van der Waals surface area contributed by atoms with Crippen molar-refractivity contribution in [2.24, 2.45) is 0 Å². The van der Waals surface area contributed by atoms with Crippen LogP contribution >= 0.6 is 0 Å². The van der Waals surface area contributed by atoms with E-state index < -0.39 is 0 Å². The second-order valence-corrected chi connectivity index (χ2v) is 2.28. The first-order chi connectivity index (χ1) is 4.27. The highest BCUT2D eigenvalue weighted by molar-refractivity contribution is 4.75. The van der Waals surface area contributed by atoms with Crippen LogP contribution in [-0.2, 0) is 4.74 Å². The first-order valence-electron chi connectivity index (χ1n) is 3.50. The molecule has 0 radical (unpaired) electrons. The summed E-state index contributed by atoms with van der Waals surface area (Å²) in [6.45, 7) is 6.97. The standard InChI is InChI=1S/C8H16O/c1-4-5-6-7-9-8(2)3/h4-5,8H,6-7H2,1-3H3/b5-4+. The van der Waals surface area contributed by atoms with Gasteiger partial charge in [-0.25, -0.2) is 0 Å². The molecule has 54 valence electrons. The van der Waals surface area contributed by atoms with Crippen molar-refractivity contribution in [2.75, 3.05) is 6.61 Å². The van der Waals surface area contributed by atoms with Gasteiger partial charge in [0.1, 0.15) is 0 Å². The fraction of sp³-hybridized carbons (Fsp3) is 0.750. The minimum atomic E-state index is 0.371. The summed E-state index contributed by atoms with van der Waals surface area (Å²) in [6, 6.07) is 0. The molecule has 0 aliphatic carbocycles. The minimum Gasteiger partial charge on any atom is -0.378 e. The molecule has 0 saturated heterocycles. The van der Waals surface area contributed by atoms with Crippen LogP contribution in [0.5, 0.6) is 0 Å². The van der Waals surface area contributed by atoms with Crippen LogP contribution in [0.2, 0.25) is 0 Å². The van der Waals surface area contributed by atoms with E-state index in [9.17, 15) is 0 Å². The van der Waals surface area contributed by atoms with E-state index in [1.165, 1.54) is 0 Å². The third kappa shape index (κ3) is 7.70. The molecule has 0 rings (SSSR count).